The molecule has 0 aromatic carbocycles. The van der Waals surface area contributed by atoms with E-state index in [9.17, 15) is 18.1 Å². The summed E-state index contributed by atoms with van der Waals surface area (Å²) in [6.07, 6.45) is 19.0. The van der Waals surface area contributed by atoms with Crippen LogP contribution in [0.2, 0.25) is 0 Å². The summed E-state index contributed by atoms with van der Waals surface area (Å²) in [5.74, 6) is -0.208. The van der Waals surface area contributed by atoms with Gasteiger partial charge < -0.3 is 9.66 Å². The normalized spacial score (nSPS) is 12.7. The molecule has 0 amide bonds. The van der Waals surface area contributed by atoms with Crippen molar-refractivity contribution in [1.29, 1.82) is 0 Å². The molecule has 0 saturated heterocycles. The molecule has 0 fully saturated rings. The molecule has 26 heavy (non-hydrogen) atoms. The van der Waals surface area contributed by atoms with Gasteiger partial charge in [-0.15, -0.1) is 0 Å². The Morgan fingerprint density at radius 1 is 0.692 bits per heavy atom. The van der Waals surface area contributed by atoms with Crippen LogP contribution in [-0.2, 0) is 10.1 Å². The maximum atomic E-state index is 10.5. The zero-order chi connectivity index (χ0) is 18.8. The Labute approximate surface area is 185 Å². The van der Waals surface area contributed by atoms with Crippen LogP contribution in [0.1, 0.15) is 116 Å². The molecule has 0 rings (SSSR count). The zero-order valence-corrected chi connectivity index (χ0v) is 20.2. The van der Waals surface area contributed by atoms with Crippen LogP contribution in [0.4, 0.5) is 0 Å². The van der Waals surface area contributed by atoms with E-state index in [4.69, 9.17) is 0 Å². The molecule has 4 nitrogen and oxygen atoms in total. The Kier molecular flexibility index (Phi) is 23.0. The van der Waals surface area contributed by atoms with Gasteiger partial charge in [0.15, 0.2) is 0 Å². The van der Waals surface area contributed by atoms with Gasteiger partial charge in [-0.1, -0.05) is 96.8 Å². The van der Waals surface area contributed by atoms with Crippen LogP contribution in [0.3, 0.4) is 0 Å². The second-order valence-corrected chi connectivity index (χ2v) is 8.97. The van der Waals surface area contributed by atoms with Gasteiger partial charge in [0.2, 0.25) is 0 Å². The van der Waals surface area contributed by atoms with E-state index in [1.807, 2.05) is 0 Å². The van der Waals surface area contributed by atoms with E-state index in [1.165, 1.54) is 64.2 Å². The molecule has 1 atom stereocenters. The largest absolute Gasteiger partial charge is 1.00 e. The number of hydrogen-bond donors (Lipinski definition) is 1. The SMILES string of the molecule is CCCCCCC(O)CCCCCCCCCCCCCS(=O)(=O)[O-].[Na+]. The van der Waals surface area contributed by atoms with Gasteiger partial charge in [-0.05, 0) is 19.3 Å². The molecule has 0 aliphatic heterocycles. The van der Waals surface area contributed by atoms with Crippen molar-refractivity contribution in [3.63, 3.8) is 0 Å². The molecule has 0 aliphatic carbocycles. The third-order valence-corrected chi connectivity index (χ3v) is 5.61. The van der Waals surface area contributed by atoms with Crippen molar-refractivity contribution in [2.45, 2.75) is 122 Å². The van der Waals surface area contributed by atoms with Gasteiger partial charge >= 0.3 is 29.6 Å². The maximum Gasteiger partial charge on any atom is 1.00 e. The second kappa shape index (κ2) is 20.6. The smallest absolute Gasteiger partial charge is 0.748 e. The Morgan fingerprint density at radius 2 is 1.04 bits per heavy atom. The molecule has 6 heteroatoms. The van der Waals surface area contributed by atoms with Crippen LogP contribution in [0.25, 0.3) is 0 Å². The number of unbranched alkanes of at least 4 members (excludes halogenated alkanes) is 13. The first-order valence-corrected chi connectivity index (χ1v) is 12.1. The van der Waals surface area contributed by atoms with Crippen LogP contribution in [0, 0.1) is 0 Å². The van der Waals surface area contributed by atoms with Crippen molar-refractivity contribution < 1.29 is 47.6 Å². The molecule has 0 bridgehead atoms. The van der Waals surface area contributed by atoms with Crippen LogP contribution in [0.15, 0.2) is 0 Å². The van der Waals surface area contributed by atoms with Crippen LogP contribution in [0.5, 0.6) is 0 Å². The molecule has 1 unspecified atom stereocenters. The number of aliphatic hydroxyl groups is 1. The Hall–Kier alpha value is 0.870. The summed E-state index contributed by atoms with van der Waals surface area (Å²) in [6, 6.07) is 0. The van der Waals surface area contributed by atoms with Gasteiger partial charge in [0.25, 0.3) is 0 Å². The molecule has 0 heterocycles. The fourth-order valence-electron chi connectivity index (χ4n) is 3.20. The Bertz CT molecular complexity index is 374. The van der Waals surface area contributed by atoms with Crippen molar-refractivity contribution in [3.8, 4) is 0 Å². The van der Waals surface area contributed by atoms with E-state index < -0.39 is 10.1 Å². The van der Waals surface area contributed by atoms with Crippen molar-refractivity contribution in [3.05, 3.63) is 0 Å². The predicted octanol–water partition coefficient (Wildman–Crippen LogP) is 2.55. The van der Waals surface area contributed by atoms with Crippen molar-refractivity contribution in [1.82, 2.24) is 0 Å². The average Bonchev–Trinajstić information content (AvgIpc) is 2.55. The fraction of sp³-hybridized carbons (Fsp3) is 1.00. The quantitative estimate of drug-likeness (QED) is 0.205. The van der Waals surface area contributed by atoms with Crippen molar-refractivity contribution in [2.24, 2.45) is 0 Å². The van der Waals surface area contributed by atoms with Crippen LogP contribution >= 0.6 is 0 Å². The topological polar surface area (TPSA) is 77.4 Å². The minimum atomic E-state index is -4.02. The van der Waals surface area contributed by atoms with Crippen LogP contribution < -0.4 is 29.6 Å². The maximum absolute atomic E-state index is 10.5. The number of rotatable bonds is 19. The molecule has 1 N–H and O–H groups in total. The molecular weight excluding hydrogens is 359 g/mol. The molecular formula is C20H41NaO4S. The molecule has 0 aliphatic rings. The summed E-state index contributed by atoms with van der Waals surface area (Å²) in [4.78, 5) is 0. The standard InChI is InChI=1S/C20H42O4S.Na/c1-2-3-4-14-17-20(21)18-15-12-10-8-6-5-7-9-11-13-16-19-25(22,23)24;/h20-21H,2-19H2,1H3,(H,22,23,24);/q;+1/p-1. The Morgan fingerprint density at radius 3 is 1.42 bits per heavy atom. The van der Waals surface area contributed by atoms with E-state index in [0.717, 1.165) is 38.5 Å². The molecule has 152 valence electrons. The zero-order valence-electron chi connectivity index (χ0n) is 17.4. The van der Waals surface area contributed by atoms with E-state index >= 15 is 0 Å². The van der Waals surface area contributed by atoms with E-state index in [1.54, 1.807) is 0 Å². The van der Waals surface area contributed by atoms with E-state index in [-0.39, 0.29) is 41.4 Å². The fourth-order valence-corrected chi connectivity index (χ4v) is 3.76. The molecule has 0 saturated carbocycles. The van der Waals surface area contributed by atoms with Crippen LogP contribution in [-0.4, -0.2) is 29.9 Å². The van der Waals surface area contributed by atoms with Gasteiger partial charge in [-0.25, -0.2) is 8.42 Å². The second-order valence-electron chi connectivity index (χ2n) is 7.44. The number of aliphatic hydroxyl groups excluding tert-OH is 1. The molecule has 0 aromatic rings. The van der Waals surface area contributed by atoms with E-state index in [2.05, 4.69) is 6.92 Å². The minimum absolute atomic E-state index is 0. The van der Waals surface area contributed by atoms with Gasteiger partial charge in [0, 0.05) is 5.75 Å². The predicted molar refractivity (Wildman–Crippen MR) is 105 cm³/mol. The average molecular weight is 401 g/mol. The first kappa shape index (κ1) is 29.1. The monoisotopic (exact) mass is 400 g/mol. The summed E-state index contributed by atoms with van der Waals surface area (Å²) in [5, 5.41) is 9.90. The Balaban J connectivity index is 0. The summed E-state index contributed by atoms with van der Waals surface area (Å²) in [5.41, 5.74) is 0. The first-order chi connectivity index (χ1) is 12.0. The molecule has 0 radical (unpaired) electrons. The summed E-state index contributed by atoms with van der Waals surface area (Å²) < 4.78 is 31.4. The summed E-state index contributed by atoms with van der Waals surface area (Å²) in [6.45, 7) is 2.21. The third-order valence-electron chi connectivity index (χ3n) is 4.82. The third kappa shape index (κ3) is 24.9. The van der Waals surface area contributed by atoms with Gasteiger partial charge in [0.1, 0.15) is 0 Å². The summed E-state index contributed by atoms with van der Waals surface area (Å²) in [7, 11) is -4.02. The summed E-state index contributed by atoms with van der Waals surface area (Å²) >= 11 is 0. The first-order valence-electron chi connectivity index (χ1n) is 10.6. The van der Waals surface area contributed by atoms with Crippen molar-refractivity contribution in [2.75, 3.05) is 5.75 Å². The van der Waals surface area contributed by atoms with E-state index in [0.29, 0.717) is 6.42 Å². The molecule has 0 spiro atoms. The van der Waals surface area contributed by atoms with Gasteiger partial charge in [-0.2, -0.15) is 0 Å². The van der Waals surface area contributed by atoms with Crippen molar-refractivity contribution >= 4 is 10.1 Å². The minimum Gasteiger partial charge on any atom is -0.748 e. The number of hydrogen-bond acceptors (Lipinski definition) is 4. The molecule has 0 aromatic heterocycles. The van der Waals surface area contributed by atoms with Gasteiger partial charge in [-0.3, -0.25) is 0 Å². The van der Waals surface area contributed by atoms with Gasteiger partial charge in [0.05, 0.1) is 16.2 Å².